The Balaban J connectivity index is 3.47. The molecule has 1 atom stereocenters. The average molecular weight is 131 g/mol. The monoisotopic (exact) mass is 131 g/mol. The third-order valence-electron chi connectivity index (χ3n) is 1.12. The van der Waals surface area contributed by atoms with E-state index in [0.717, 1.165) is 6.42 Å². The maximum absolute atomic E-state index is 9.07. The minimum Gasteiger partial charge on any atom is -0.392 e. The normalized spacial score (nSPS) is 15.7. The van der Waals surface area contributed by atoms with Crippen LogP contribution in [0.4, 0.5) is 0 Å². The van der Waals surface area contributed by atoms with Crippen molar-refractivity contribution >= 4 is 0 Å². The first-order chi connectivity index (χ1) is 3.95. The molecule has 0 aliphatic carbocycles. The van der Waals surface area contributed by atoms with E-state index >= 15 is 0 Å². The van der Waals surface area contributed by atoms with Crippen molar-refractivity contribution in [3.8, 4) is 0 Å². The number of aliphatic hydroxyl groups excluding tert-OH is 1. The number of nitrogens with two attached hydrogens (primary N) is 1. The molecule has 3 N–H and O–H groups in total. The van der Waals surface area contributed by atoms with Crippen molar-refractivity contribution in [3.63, 3.8) is 0 Å². The van der Waals surface area contributed by atoms with Gasteiger partial charge in [0, 0.05) is 6.54 Å². The number of hydrogen-bond acceptors (Lipinski definition) is 2. The molecule has 0 heterocycles. The predicted octanol–water partition coefficient (Wildman–Crippen LogP) is 0.742. The molecule has 0 aromatic heterocycles. The van der Waals surface area contributed by atoms with Gasteiger partial charge in [-0.15, -0.1) is 0 Å². The minimum absolute atomic E-state index is 0.193. The van der Waals surface area contributed by atoms with Crippen LogP contribution in [-0.2, 0) is 0 Å². The summed E-state index contributed by atoms with van der Waals surface area (Å²) in [6, 6.07) is 0. The molecule has 0 saturated heterocycles. The summed E-state index contributed by atoms with van der Waals surface area (Å²) >= 11 is 0. The van der Waals surface area contributed by atoms with Crippen molar-refractivity contribution in [2.45, 2.75) is 33.3 Å². The molecule has 0 spiro atoms. The van der Waals surface area contributed by atoms with E-state index in [-0.39, 0.29) is 11.5 Å². The van der Waals surface area contributed by atoms with Crippen LogP contribution in [-0.4, -0.2) is 17.8 Å². The first-order valence-corrected chi connectivity index (χ1v) is 3.34. The van der Waals surface area contributed by atoms with Gasteiger partial charge >= 0.3 is 0 Å². The Labute approximate surface area is 57.1 Å². The summed E-state index contributed by atoms with van der Waals surface area (Å²) in [5.74, 6) is 0. The van der Waals surface area contributed by atoms with Gasteiger partial charge in [0.05, 0.1) is 6.10 Å². The molecule has 2 heteroatoms. The van der Waals surface area contributed by atoms with Crippen molar-refractivity contribution in [1.82, 2.24) is 0 Å². The van der Waals surface area contributed by atoms with Gasteiger partial charge < -0.3 is 10.8 Å². The Hall–Kier alpha value is -0.0800. The van der Waals surface area contributed by atoms with Crippen molar-refractivity contribution in [2.24, 2.45) is 11.1 Å². The summed E-state index contributed by atoms with van der Waals surface area (Å²) in [5, 5.41) is 9.07. The molecular weight excluding hydrogens is 114 g/mol. The van der Waals surface area contributed by atoms with Crippen LogP contribution in [0.1, 0.15) is 27.2 Å². The van der Waals surface area contributed by atoms with Crippen molar-refractivity contribution in [3.05, 3.63) is 0 Å². The van der Waals surface area contributed by atoms with E-state index in [2.05, 4.69) is 20.8 Å². The van der Waals surface area contributed by atoms with Crippen LogP contribution in [0.25, 0.3) is 0 Å². The van der Waals surface area contributed by atoms with Gasteiger partial charge in [0.25, 0.3) is 0 Å². The fraction of sp³-hybridized carbons (Fsp3) is 1.00. The summed E-state index contributed by atoms with van der Waals surface area (Å²) in [7, 11) is 0. The molecule has 0 aliphatic heterocycles. The highest BCUT2D eigenvalue weighted by Crippen LogP contribution is 2.19. The lowest BCUT2D eigenvalue weighted by atomic mass is 9.89. The molecule has 0 unspecified atom stereocenters. The zero-order valence-corrected chi connectivity index (χ0v) is 6.52. The minimum atomic E-state index is -0.329. The Bertz CT molecular complexity index is 75.5. The summed E-state index contributed by atoms with van der Waals surface area (Å²) in [6.07, 6.45) is 0.453. The van der Waals surface area contributed by atoms with Crippen LogP contribution in [0.15, 0.2) is 0 Å². The topological polar surface area (TPSA) is 46.2 Å². The zero-order chi connectivity index (χ0) is 7.49. The highest BCUT2D eigenvalue weighted by atomic mass is 16.3. The molecular formula is C7H17NO. The summed E-state index contributed by atoms with van der Waals surface area (Å²) in [5.41, 5.74) is 5.42. The SMILES string of the molecule is CC(C)(C)C[C@H](O)CN. The second-order valence-electron chi connectivity index (χ2n) is 3.65. The van der Waals surface area contributed by atoms with E-state index in [1.54, 1.807) is 0 Å². The van der Waals surface area contributed by atoms with Gasteiger partial charge in [-0.3, -0.25) is 0 Å². The van der Waals surface area contributed by atoms with E-state index in [4.69, 9.17) is 10.8 Å². The molecule has 0 aromatic rings. The fourth-order valence-corrected chi connectivity index (χ4v) is 0.790. The van der Waals surface area contributed by atoms with Gasteiger partial charge in [0.2, 0.25) is 0 Å². The lowest BCUT2D eigenvalue weighted by Crippen LogP contribution is -2.25. The first-order valence-electron chi connectivity index (χ1n) is 3.34. The van der Waals surface area contributed by atoms with Gasteiger partial charge in [-0.1, -0.05) is 20.8 Å². The van der Waals surface area contributed by atoms with Gasteiger partial charge in [0.15, 0.2) is 0 Å². The number of hydrogen-bond donors (Lipinski definition) is 2. The molecule has 9 heavy (non-hydrogen) atoms. The average Bonchev–Trinajstić information content (AvgIpc) is 1.62. The van der Waals surface area contributed by atoms with Crippen LogP contribution in [0.2, 0.25) is 0 Å². The largest absolute Gasteiger partial charge is 0.392 e. The Morgan fingerprint density at radius 2 is 1.89 bits per heavy atom. The highest BCUT2D eigenvalue weighted by Gasteiger charge is 2.14. The Morgan fingerprint density at radius 3 is 2.00 bits per heavy atom. The second kappa shape index (κ2) is 3.18. The zero-order valence-electron chi connectivity index (χ0n) is 6.52. The van der Waals surface area contributed by atoms with Crippen LogP contribution in [0.3, 0.4) is 0 Å². The van der Waals surface area contributed by atoms with Crippen molar-refractivity contribution < 1.29 is 5.11 Å². The molecule has 2 nitrogen and oxygen atoms in total. The third-order valence-corrected chi connectivity index (χ3v) is 1.12. The van der Waals surface area contributed by atoms with Crippen LogP contribution in [0, 0.1) is 5.41 Å². The van der Waals surface area contributed by atoms with Crippen LogP contribution in [0.5, 0.6) is 0 Å². The fourth-order valence-electron chi connectivity index (χ4n) is 0.790. The quantitative estimate of drug-likeness (QED) is 0.580. The van der Waals surface area contributed by atoms with Gasteiger partial charge in [0.1, 0.15) is 0 Å². The summed E-state index contributed by atoms with van der Waals surface area (Å²) < 4.78 is 0. The lowest BCUT2D eigenvalue weighted by molar-refractivity contribution is 0.128. The molecule has 0 aromatic carbocycles. The molecule has 0 radical (unpaired) electrons. The van der Waals surface area contributed by atoms with Crippen molar-refractivity contribution in [2.75, 3.05) is 6.54 Å². The van der Waals surface area contributed by atoms with E-state index in [0.29, 0.717) is 6.54 Å². The van der Waals surface area contributed by atoms with E-state index in [1.807, 2.05) is 0 Å². The maximum Gasteiger partial charge on any atom is 0.0667 e. The van der Waals surface area contributed by atoms with E-state index < -0.39 is 0 Å². The van der Waals surface area contributed by atoms with Gasteiger partial charge in [-0.2, -0.15) is 0 Å². The molecule has 56 valence electrons. The molecule has 0 bridgehead atoms. The highest BCUT2D eigenvalue weighted by molar-refractivity contribution is 4.67. The Kier molecular flexibility index (Phi) is 3.15. The van der Waals surface area contributed by atoms with Crippen LogP contribution < -0.4 is 5.73 Å². The van der Waals surface area contributed by atoms with E-state index in [9.17, 15) is 0 Å². The molecule has 0 aliphatic rings. The summed E-state index contributed by atoms with van der Waals surface area (Å²) in [6.45, 7) is 6.64. The van der Waals surface area contributed by atoms with Gasteiger partial charge in [-0.05, 0) is 11.8 Å². The predicted molar refractivity (Wildman–Crippen MR) is 39.1 cm³/mol. The smallest absolute Gasteiger partial charge is 0.0667 e. The molecule has 0 rings (SSSR count). The lowest BCUT2D eigenvalue weighted by Gasteiger charge is -2.20. The molecule has 0 saturated carbocycles. The maximum atomic E-state index is 9.07. The van der Waals surface area contributed by atoms with E-state index in [1.165, 1.54) is 0 Å². The molecule has 0 amide bonds. The second-order valence-corrected chi connectivity index (χ2v) is 3.65. The van der Waals surface area contributed by atoms with Crippen LogP contribution >= 0.6 is 0 Å². The number of aliphatic hydroxyl groups is 1. The molecule has 0 fully saturated rings. The number of rotatable bonds is 2. The summed E-state index contributed by atoms with van der Waals surface area (Å²) in [4.78, 5) is 0. The standard InChI is InChI=1S/C7H17NO/c1-7(2,3)4-6(9)5-8/h6,9H,4-5,8H2,1-3H3/t6-/m0/s1. The first kappa shape index (κ1) is 8.92. The third kappa shape index (κ3) is 5.80. The van der Waals surface area contributed by atoms with Crippen molar-refractivity contribution in [1.29, 1.82) is 0 Å². The Morgan fingerprint density at radius 1 is 1.44 bits per heavy atom. The van der Waals surface area contributed by atoms with Gasteiger partial charge in [-0.25, -0.2) is 0 Å².